The molecule has 2 fully saturated rings. The summed E-state index contributed by atoms with van der Waals surface area (Å²) >= 11 is 3.16. The number of quaternary nitrogens is 1. The van der Waals surface area contributed by atoms with E-state index in [1.54, 1.807) is 29.3 Å². The largest absolute Gasteiger partial charge is 0.633 e. The Bertz CT molecular complexity index is 1190. The summed E-state index contributed by atoms with van der Waals surface area (Å²) in [5, 5.41) is 16.8. The van der Waals surface area contributed by atoms with E-state index in [2.05, 4.69) is 20.2 Å². The van der Waals surface area contributed by atoms with Crippen molar-refractivity contribution in [1.29, 1.82) is 0 Å². The monoisotopic (exact) mass is 540 g/mol. The number of carbonyl (C=O) groups is 1. The number of thiazole rings is 1. The Labute approximate surface area is 225 Å². The molecule has 0 saturated carbocycles. The van der Waals surface area contributed by atoms with Crippen molar-refractivity contribution >= 4 is 40.0 Å². The van der Waals surface area contributed by atoms with Crippen LogP contribution in [0.25, 0.3) is 0 Å². The van der Waals surface area contributed by atoms with E-state index in [-0.39, 0.29) is 10.6 Å². The van der Waals surface area contributed by atoms with Crippen LogP contribution in [0, 0.1) is 12.1 Å². The van der Waals surface area contributed by atoms with Crippen molar-refractivity contribution in [2.75, 3.05) is 70.9 Å². The third-order valence-electron chi connectivity index (χ3n) is 6.81. The minimum atomic E-state index is -0.163. The molecule has 0 spiro atoms. The lowest BCUT2D eigenvalue weighted by molar-refractivity contribution is -0.888. The average molecular weight is 541 g/mol. The Balaban J connectivity index is 1.15. The molecule has 0 radical (unpaired) electrons. The summed E-state index contributed by atoms with van der Waals surface area (Å²) in [4.78, 5) is 27.4. The van der Waals surface area contributed by atoms with Gasteiger partial charge in [-0.15, -0.1) is 0 Å². The minimum absolute atomic E-state index is 0.0712. The maximum absolute atomic E-state index is 13.4. The zero-order valence-electron chi connectivity index (χ0n) is 21.0. The van der Waals surface area contributed by atoms with Crippen molar-refractivity contribution in [3.63, 3.8) is 0 Å². The molecule has 2 aromatic heterocycles. The lowest BCUT2D eigenvalue weighted by atomic mass is 10.1. The minimum Gasteiger partial charge on any atom is -0.633 e. The van der Waals surface area contributed by atoms with E-state index < -0.39 is 0 Å². The number of morpholine rings is 1. The Morgan fingerprint density at radius 3 is 2.73 bits per heavy atom. The Hall–Kier alpha value is -2.54. The molecule has 1 aromatic carbocycles. The highest BCUT2D eigenvalue weighted by atomic mass is 32.2. The number of pyridine rings is 1. The van der Waals surface area contributed by atoms with Crippen molar-refractivity contribution in [3.8, 4) is 0 Å². The lowest BCUT2D eigenvalue weighted by Gasteiger charge is -2.46. The van der Waals surface area contributed by atoms with Gasteiger partial charge in [0.05, 0.1) is 30.2 Å². The van der Waals surface area contributed by atoms with Crippen molar-refractivity contribution in [2.24, 2.45) is 0 Å². The molecule has 1 N–H and O–H groups in total. The molecule has 196 valence electrons. The number of benzene rings is 1. The molecule has 1 amide bonds. The highest BCUT2D eigenvalue weighted by Crippen LogP contribution is 2.35. The van der Waals surface area contributed by atoms with Crippen LogP contribution in [0.2, 0.25) is 0 Å². The molecule has 2 aliphatic rings. The standard InChI is InChI=1S/C26H32N6O3S2/c1-20-5-6-21(36-24-19-28-26(37-24)29-23-4-2-3-7-27-23)18-22(20)25(33)31-10-8-30(9-11-31)12-13-32(34)14-16-35-17-15-32/h2-7,18-19H,8-17H2,1H3,(H,27,28,29). The van der Waals surface area contributed by atoms with Gasteiger partial charge in [0.15, 0.2) is 5.13 Å². The average Bonchev–Trinajstić information content (AvgIpc) is 3.36. The number of aryl methyl sites for hydroxylation is 1. The molecule has 0 unspecified atom stereocenters. The molecule has 0 bridgehead atoms. The fourth-order valence-corrected chi connectivity index (χ4v) is 6.39. The molecule has 0 aliphatic carbocycles. The zero-order valence-corrected chi connectivity index (χ0v) is 22.6. The summed E-state index contributed by atoms with van der Waals surface area (Å²) in [6.45, 7) is 8.46. The number of hydroxylamine groups is 3. The van der Waals surface area contributed by atoms with Crippen LogP contribution in [0.15, 0.2) is 57.9 Å². The second-order valence-corrected chi connectivity index (χ2v) is 11.8. The zero-order chi connectivity index (χ0) is 25.7. The van der Waals surface area contributed by atoms with Gasteiger partial charge in [-0.3, -0.25) is 9.69 Å². The predicted octanol–water partition coefficient (Wildman–Crippen LogP) is 3.84. The predicted molar refractivity (Wildman–Crippen MR) is 146 cm³/mol. The molecule has 4 heterocycles. The molecule has 11 heteroatoms. The number of carbonyl (C=O) groups excluding carboxylic acids is 1. The van der Waals surface area contributed by atoms with E-state index in [0.29, 0.717) is 45.9 Å². The van der Waals surface area contributed by atoms with Crippen molar-refractivity contribution in [1.82, 2.24) is 19.8 Å². The third-order valence-corrected chi connectivity index (χ3v) is 8.82. The van der Waals surface area contributed by atoms with E-state index >= 15 is 0 Å². The molecular formula is C26H32N6O3S2. The van der Waals surface area contributed by atoms with Crippen molar-refractivity contribution in [3.05, 3.63) is 65.1 Å². The Morgan fingerprint density at radius 1 is 1.16 bits per heavy atom. The van der Waals surface area contributed by atoms with E-state index in [1.807, 2.05) is 54.4 Å². The van der Waals surface area contributed by atoms with Crippen LogP contribution in [-0.2, 0) is 4.74 Å². The van der Waals surface area contributed by atoms with E-state index in [9.17, 15) is 10.0 Å². The van der Waals surface area contributed by atoms with Crippen molar-refractivity contribution < 1.29 is 14.2 Å². The first-order valence-electron chi connectivity index (χ1n) is 12.6. The Kier molecular flexibility index (Phi) is 8.38. The van der Waals surface area contributed by atoms with Gasteiger partial charge in [-0.2, -0.15) is 0 Å². The molecule has 37 heavy (non-hydrogen) atoms. The first-order valence-corrected chi connectivity index (χ1v) is 14.2. The summed E-state index contributed by atoms with van der Waals surface area (Å²) in [6.07, 6.45) is 3.58. The molecule has 2 saturated heterocycles. The van der Waals surface area contributed by atoms with Crippen molar-refractivity contribution in [2.45, 2.75) is 16.0 Å². The van der Waals surface area contributed by atoms with Crippen LogP contribution in [0.5, 0.6) is 0 Å². The quantitative estimate of drug-likeness (QED) is 0.340. The second kappa shape index (κ2) is 11.9. The molecule has 5 rings (SSSR count). The maximum atomic E-state index is 13.4. The second-order valence-electron chi connectivity index (χ2n) is 9.38. The summed E-state index contributed by atoms with van der Waals surface area (Å²) < 4.78 is 6.20. The number of piperazine rings is 1. The first kappa shape index (κ1) is 26.1. The number of nitrogens with zero attached hydrogens (tertiary/aromatic N) is 5. The number of anilines is 2. The third kappa shape index (κ3) is 6.86. The Morgan fingerprint density at radius 2 is 1.97 bits per heavy atom. The van der Waals surface area contributed by atoms with E-state index in [1.165, 1.54) is 0 Å². The number of hydrogen-bond donors (Lipinski definition) is 1. The van der Waals surface area contributed by atoms with Gasteiger partial charge < -0.3 is 24.8 Å². The van der Waals surface area contributed by atoms with Crippen LogP contribution >= 0.6 is 23.1 Å². The number of hydrogen-bond acceptors (Lipinski definition) is 9. The fraction of sp³-hybridized carbons (Fsp3) is 0.423. The highest BCUT2D eigenvalue weighted by Gasteiger charge is 2.26. The molecular weight excluding hydrogens is 508 g/mol. The molecule has 2 aliphatic heterocycles. The first-order chi connectivity index (χ1) is 18.0. The number of aromatic nitrogens is 2. The van der Waals surface area contributed by atoms with Crippen LogP contribution < -0.4 is 5.32 Å². The van der Waals surface area contributed by atoms with Gasteiger partial charge in [0.25, 0.3) is 5.91 Å². The number of rotatable bonds is 8. The molecule has 9 nitrogen and oxygen atoms in total. The number of amides is 1. The summed E-state index contributed by atoms with van der Waals surface area (Å²) in [6, 6.07) is 11.8. The topological polar surface area (TPSA) is 93.7 Å². The van der Waals surface area contributed by atoms with E-state index in [4.69, 9.17) is 4.74 Å². The molecule has 3 aromatic rings. The van der Waals surface area contributed by atoms with Crippen LogP contribution in [-0.4, -0.2) is 95.9 Å². The van der Waals surface area contributed by atoms with Gasteiger partial charge >= 0.3 is 0 Å². The van der Waals surface area contributed by atoms with Gasteiger partial charge in [-0.05, 0) is 36.8 Å². The summed E-state index contributed by atoms with van der Waals surface area (Å²) in [5.41, 5.74) is 1.72. The number of nitrogens with one attached hydrogen (secondary N) is 1. The van der Waals surface area contributed by atoms with Gasteiger partial charge in [-0.1, -0.05) is 35.2 Å². The van der Waals surface area contributed by atoms with Crippen LogP contribution in [0.4, 0.5) is 10.9 Å². The summed E-state index contributed by atoms with van der Waals surface area (Å²) in [5.74, 6) is 0.828. The fourth-order valence-electron chi connectivity index (χ4n) is 4.49. The van der Waals surface area contributed by atoms with Gasteiger partial charge in [-0.25, -0.2) is 9.97 Å². The number of ether oxygens (including phenoxy) is 1. The van der Waals surface area contributed by atoms with Gasteiger partial charge in [0, 0.05) is 49.4 Å². The maximum Gasteiger partial charge on any atom is 0.254 e. The molecule has 0 atom stereocenters. The van der Waals surface area contributed by atoms with Crippen LogP contribution in [0.1, 0.15) is 15.9 Å². The highest BCUT2D eigenvalue weighted by molar-refractivity contribution is 8.01. The smallest absolute Gasteiger partial charge is 0.254 e. The van der Waals surface area contributed by atoms with Gasteiger partial charge in [0.1, 0.15) is 18.9 Å². The lowest BCUT2D eigenvalue weighted by Crippen LogP contribution is -2.56. The van der Waals surface area contributed by atoms with Crippen LogP contribution in [0.3, 0.4) is 0 Å². The van der Waals surface area contributed by atoms with Gasteiger partial charge in [0.2, 0.25) is 0 Å². The summed E-state index contributed by atoms with van der Waals surface area (Å²) in [7, 11) is 0. The SMILES string of the molecule is Cc1ccc(Sc2cnc(Nc3ccccn3)s2)cc1C(=O)N1CCN(CC[N+]2([O-])CCOCC2)CC1. The normalized spacial score (nSPS) is 18.1. The van der Waals surface area contributed by atoms with E-state index in [0.717, 1.165) is 50.8 Å².